The lowest BCUT2D eigenvalue weighted by Crippen LogP contribution is -2.43. The first-order valence-electron chi connectivity index (χ1n) is 24.3. The molecule has 0 unspecified atom stereocenters. The molecule has 1 aromatic heterocycles. The number of nitrogens with one attached hydrogen (secondary N) is 2. The van der Waals surface area contributed by atoms with E-state index in [-0.39, 0.29) is 54.3 Å². The largest absolute Gasteiger partial charge is 0.476 e. The Labute approximate surface area is 416 Å². The number of hydrogen-bond acceptors (Lipinski definition) is 10. The average Bonchev–Trinajstić information content (AvgIpc) is 4.08. The number of carbonyl (C=O) groups is 3. The molecule has 0 atom stereocenters. The fraction of sp³-hybridized carbons (Fsp3) is 0.491. The number of carboxylic acids is 1. The number of aromatic carboxylic acids is 1. The summed E-state index contributed by atoms with van der Waals surface area (Å²) in [6, 6.07) is 20.9. The highest BCUT2D eigenvalue weighted by Gasteiger charge is 2.39. The van der Waals surface area contributed by atoms with Gasteiger partial charge in [0.05, 0.1) is 12.1 Å². The summed E-state index contributed by atoms with van der Waals surface area (Å²) in [6.45, 7) is 2.74. The molecule has 4 aliphatic rings. The van der Waals surface area contributed by atoms with E-state index in [0.717, 1.165) is 68.7 Å². The van der Waals surface area contributed by atoms with Crippen LogP contribution in [0.15, 0.2) is 95.5 Å². The molecule has 3 saturated carbocycles. The molecule has 0 bridgehead atoms. The number of aryl methyl sites for hydroxylation is 1. The van der Waals surface area contributed by atoms with E-state index in [1.807, 2.05) is 12.1 Å². The number of carboxylic acid groups (broad SMARTS) is 1. The van der Waals surface area contributed by atoms with Gasteiger partial charge in [0.1, 0.15) is 23.2 Å². The number of amides is 1. The van der Waals surface area contributed by atoms with Crippen molar-refractivity contribution in [3.05, 3.63) is 136 Å². The van der Waals surface area contributed by atoms with Gasteiger partial charge in [0.2, 0.25) is 0 Å². The molecule has 2 heterocycles. The molecule has 0 spiro atoms. The van der Waals surface area contributed by atoms with Crippen LogP contribution in [0.3, 0.4) is 0 Å². The monoisotopic (exact) mass is 1010 g/mol. The highest BCUT2D eigenvalue weighted by Crippen LogP contribution is 2.31. The minimum Gasteiger partial charge on any atom is -0.476 e. The van der Waals surface area contributed by atoms with Crippen molar-refractivity contribution in [1.82, 2.24) is 20.4 Å². The second-order valence-electron chi connectivity index (χ2n) is 18.5. The fourth-order valence-electron chi connectivity index (χ4n) is 8.64. The van der Waals surface area contributed by atoms with Crippen LogP contribution in [0, 0.1) is 42.1 Å². The number of allylic oxidation sites excluding steroid dienone is 1. The van der Waals surface area contributed by atoms with Crippen molar-refractivity contribution in [1.29, 1.82) is 0 Å². The molecular formula is C53H68F6N6O7. The van der Waals surface area contributed by atoms with Crippen molar-refractivity contribution in [2.45, 2.75) is 121 Å². The summed E-state index contributed by atoms with van der Waals surface area (Å²) in [6.07, 6.45) is 8.11. The Bertz CT molecular complexity index is 2340. The number of hydrogen-bond donors (Lipinski definition) is 7. The van der Waals surface area contributed by atoms with Gasteiger partial charge in [-0.1, -0.05) is 48.5 Å². The third kappa shape index (κ3) is 19.7. The van der Waals surface area contributed by atoms with Crippen molar-refractivity contribution in [2.24, 2.45) is 28.5 Å². The first kappa shape index (κ1) is 58.8. The number of aromatic nitrogens is 2. The zero-order valence-corrected chi connectivity index (χ0v) is 40.6. The Morgan fingerprint density at radius 1 is 0.750 bits per heavy atom. The summed E-state index contributed by atoms with van der Waals surface area (Å²) < 4.78 is 78.5. The Kier molecular flexibility index (Phi) is 24.8. The molecule has 19 heteroatoms. The van der Waals surface area contributed by atoms with Crippen LogP contribution in [0.1, 0.15) is 115 Å². The van der Waals surface area contributed by atoms with E-state index in [4.69, 9.17) is 21.1 Å². The van der Waals surface area contributed by atoms with Crippen LogP contribution >= 0.6 is 0 Å². The highest BCUT2D eigenvalue weighted by atomic mass is 19.4. The average molecular weight is 1020 g/mol. The number of aldehydes is 1. The molecule has 13 nitrogen and oxygen atoms in total. The fourth-order valence-corrected chi connectivity index (χ4v) is 8.64. The summed E-state index contributed by atoms with van der Waals surface area (Å²) in [7, 11) is 0. The third-order valence-electron chi connectivity index (χ3n) is 13.1. The standard InChI is InChI=1S/C20H22F4N2O2.C14H20FNO.C7H5FO.C7H15NO.C5H6N2O2/c21-17-4-2-1-3-14(17)11-26(16-7-5-13(12-27)6-8-16)19(28)15-9-18(25-10-15)20(22,23)24;15-14-4-2-1-3-12(14)9-16-13-7-5-11(10-17)6-8-13;8-7-4-2-1-3-6(7)5-9;8-7-3-1-6(5-9)2-4-7;1-3-2-4(5(8)9)7-6-3/h1-4,9,13,16,27H,5-8,10-12H2;1-4,11,13,16-17H,5-10H2;1-5H;6-7,9H,1-5,8H2;2H,1H3,(H,6,7)(H,8,9). The number of carbonyl (C=O) groups excluding carboxylic acids is 2. The van der Waals surface area contributed by atoms with E-state index in [1.54, 1.807) is 43.3 Å². The molecule has 394 valence electrons. The number of H-pyrrole nitrogens is 1. The molecular weight excluding hydrogens is 947 g/mol. The predicted molar refractivity (Wildman–Crippen MR) is 261 cm³/mol. The number of benzene rings is 3. The van der Waals surface area contributed by atoms with Gasteiger partial charge >= 0.3 is 12.1 Å². The molecule has 8 N–H and O–H groups in total. The highest BCUT2D eigenvalue weighted by molar-refractivity contribution is 6.09. The minimum absolute atomic E-state index is 0.0152. The van der Waals surface area contributed by atoms with Crippen molar-refractivity contribution in [2.75, 3.05) is 26.4 Å². The van der Waals surface area contributed by atoms with Crippen molar-refractivity contribution < 1.29 is 61.2 Å². The molecule has 3 aliphatic carbocycles. The van der Waals surface area contributed by atoms with Crippen molar-refractivity contribution in [3.8, 4) is 0 Å². The van der Waals surface area contributed by atoms with Gasteiger partial charge in [-0.25, -0.2) is 18.0 Å². The van der Waals surface area contributed by atoms with Crippen LogP contribution in [-0.4, -0.2) is 110 Å². The van der Waals surface area contributed by atoms with E-state index in [1.165, 1.54) is 35.2 Å². The first-order chi connectivity index (χ1) is 34.4. The maximum atomic E-state index is 14.1. The molecule has 72 heavy (non-hydrogen) atoms. The zero-order valence-electron chi connectivity index (χ0n) is 40.6. The van der Waals surface area contributed by atoms with Crippen molar-refractivity contribution >= 4 is 23.9 Å². The molecule has 1 amide bonds. The van der Waals surface area contributed by atoms with E-state index in [9.17, 15) is 45.8 Å². The maximum Gasteiger partial charge on any atom is 0.432 e. The number of nitrogens with zero attached hydrogens (tertiary/aromatic N) is 3. The lowest BCUT2D eigenvalue weighted by molar-refractivity contribution is -0.131. The van der Waals surface area contributed by atoms with Crippen LogP contribution in [0.4, 0.5) is 26.3 Å². The molecule has 4 aromatic rings. The first-order valence-corrected chi connectivity index (χ1v) is 24.3. The lowest BCUT2D eigenvalue weighted by Gasteiger charge is -2.37. The van der Waals surface area contributed by atoms with Gasteiger partial charge in [0, 0.05) is 73.4 Å². The van der Waals surface area contributed by atoms with Crippen molar-refractivity contribution in [3.63, 3.8) is 0 Å². The van der Waals surface area contributed by atoms with Crippen LogP contribution in [0.25, 0.3) is 0 Å². The minimum atomic E-state index is -4.60. The summed E-state index contributed by atoms with van der Waals surface area (Å²) in [4.78, 5) is 38.0. The summed E-state index contributed by atoms with van der Waals surface area (Å²) in [5, 5.41) is 44.8. The molecule has 1 aliphatic heterocycles. The normalized spacial score (nSPS) is 21.5. The smallest absolute Gasteiger partial charge is 0.432 e. The maximum absolute atomic E-state index is 14.1. The van der Waals surface area contributed by atoms with Gasteiger partial charge in [0.25, 0.3) is 5.91 Å². The number of aromatic amines is 1. The Hall–Kier alpha value is -5.73. The topological polar surface area (TPSA) is 214 Å². The van der Waals surface area contributed by atoms with Gasteiger partial charge in [-0.15, -0.1) is 0 Å². The molecule has 0 saturated heterocycles. The van der Waals surface area contributed by atoms with E-state index >= 15 is 0 Å². The number of alkyl halides is 3. The number of nitrogens with two attached hydrogens (primary N) is 1. The van der Waals surface area contributed by atoms with Gasteiger partial charge in [0.15, 0.2) is 12.0 Å². The van der Waals surface area contributed by atoms with Gasteiger partial charge < -0.3 is 36.4 Å². The summed E-state index contributed by atoms with van der Waals surface area (Å²) >= 11 is 0. The van der Waals surface area contributed by atoms with Gasteiger partial charge in [-0.3, -0.25) is 19.7 Å². The number of aliphatic hydroxyl groups is 3. The lowest BCUT2D eigenvalue weighted by atomic mass is 9.85. The zero-order chi connectivity index (χ0) is 52.6. The Morgan fingerprint density at radius 3 is 1.68 bits per heavy atom. The summed E-state index contributed by atoms with van der Waals surface area (Å²) in [5.41, 5.74) is 6.55. The van der Waals surface area contributed by atoms with E-state index in [0.29, 0.717) is 81.2 Å². The van der Waals surface area contributed by atoms with E-state index in [2.05, 4.69) is 20.5 Å². The summed E-state index contributed by atoms with van der Waals surface area (Å²) in [5.74, 6) is -1.43. The third-order valence-corrected chi connectivity index (χ3v) is 13.1. The number of rotatable bonds is 12. The van der Waals surface area contributed by atoms with Crippen LogP contribution in [0.5, 0.6) is 0 Å². The molecule has 3 aromatic carbocycles. The van der Waals surface area contributed by atoms with Gasteiger partial charge in [-0.2, -0.15) is 18.3 Å². The molecule has 0 radical (unpaired) electrons. The number of aliphatic hydroxyl groups excluding tert-OH is 3. The second kappa shape index (κ2) is 30.3. The number of aliphatic imine (C=N–C) groups is 1. The SMILES string of the molecule is Cc1cc(C(=O)O)n[nH]1.NC1CCC(CO)CC1.O=C(C1=CC(C(F)(F)F)=NC1)N(Cc1ccccc1F)C1CCC(CO)CC1.O=Cc1ccccc1F.OCC1CCC(NCc2ccccc2F)CC1. The van der Waals surface area contributed by atoms with Crippen LogP contribution in [0.2, 0.25) is 0 Å². The van der Waals surface area contributed by atoms with E-state index < -0.39 is 35.4 Å². The quantitative estimate of drug-likeness (QED) is 0.0530. The Balaban J connectivity index is 0.000000216. The Morgan fingerprint density at radius 2 is 1.25 bits per heavy atom. The van der Waals surface area contributed by atoms with Crippen LogP contribution < -0.4 is 11.1 Å². The molecule has 8 rings (SSSR count). The van der Waals surface area contributed by atoms with Crippen LogP contribution in [-0.2, 0) is 17.9 Å². The molecule has 3 fully saturated rings. The predicted octanol–water partition coefficient (Wildman–Crippen LogP) is 8.67. The second-order valence-corrected chi connectivity index (χ2v) is 18.5. The van der Waals surface area contributed by atoms with Gasteiger partial charge in [-0.05, 0) is 138 Å². The number of halogens is 6.